The Labute approximate surface area is 224 Å². The molecule has 0 aromatic heterocycles. The molecule has 0 aromatic rings. The van der Waals surface area contributed by atoms with Crippen LogP contribution in [-0.2, 0) is 18.3 Å². The van der Waals surface area contributed by atoms with E-state index in [1.165, 1.54) is 0 Å². The SMILES string of the molecule is C#CC(C[C@H](O[Si](C(C)C)(C(C)C)C(C)C)[C@H](O)CO[Si](C(C)C)(C(C)C)C(C)C)OC(=O)OCC. The molecule has 1 unspecified atom stereocenters. The molecular formula is C28H56O6Si2. The van der Waals surface area contributed by atoms with E-state index in [2.05, 4.69) is 89.0 Å². The number of rotatable bonds is 16. The Morgan fingerprint density at radius 3 is 1.56 bits per heavy atom. The summed E-state index contributed by atoms with van der Waals surface area (Å²) < 4.78 is 24.0. The Kier molecular flexibility index (Phi) is 15.2. The molecule has 3 atom stereocenters. The molecule has 6 nitrogen and oxygen atoms in total. The summed E-state index contributed by atoms with van der Waals surface area (Å²) in [5.41, 5.74) is 2.14. The smallest absolute Gasteiger partial charge is 0.435 e. The number of carbonyl (C=O) groups excluding carboxylic acids is 1. The molecule has 0 aliphatic carbocycles. The van der Waals surface area contributed by atoms with Gasteiger partial charge in [-0.15, -0.1) is 6.42 Å². The Bertz CT molecular complexity index is 640. The third kappa shape index (κ3) is 8.59. The summed E-state index contributed by atoms with van der Waals surface area (Å²) in [7, 11) is -4.57. The van der Waals surface area contributed by atoms with Gasteiger partial charge in [0, 0.05) is 6.42 Å². The highest BCUT2D eigenvalue weighted by molar-refractivity contribution is 6.78. The minimum Gasteiger partial charge on any atom is -0.435 e. The van der Waals surface area contributed by atoms with E-state index in [-0.39, 0.29) is 19.6 Å². The fourth-order valence-electron chi connectivity index (χ4n) is 6.42. The van der Waals surface area contributed by atoms with E-state index in [1.807, 2.05) is 0 Å². The van der Waals surface area contributed by atoms with Gasteiger partial charge in [-0.2, -0.15) is 0 Å². The summed E-state index contributed by atoms with van der Waals surface area (Å²) in [4.78, 5) is 12.0. The number of terminal acetylenes is 1. The molecule has 0 heterocycles. The van der Waals surface area contributed by atoms with Crippen LogP contribution in [0, 0.1) is 12.3 Å². The van der Waals surface area contributed by atoms with Crippen molar-refractivity contribution in [2.24, 2.45) is 0 Å². The highest BCUT2D eigenvalue weighted by Crippen LogP contribution is 2.45. The van der Waals surface area contributed by atoms with Crippen LogP contribution in [0.25, 0.3) is 0 Å². The van der Waals surface area contributed by atoms with Gasteiger partial charge in [-0.05, 0) is 40.2 Å². The van der Waals surface area contributed by atoms with Crippen molar-refractivity contribution in [2.45, 2.75) is 148 Å². The van der Waals surface area contributed by atoms with Crippen molar-refractivity contribution in [3.63, 3.8) is 0 Å². The third-order valence-corrected chi connectivity index (χ3v) is 20.0. The van der Waals surface area contributed by atoms with Crippen LogP contribution < -0.4 is 0 Å². The van der Waals surface area contributed by atoms with E-state index in [4.69, 9.17) is 24.7 Å². The number of carbonyl (C=O) groups is 1. The molecule has 0 radical (unpaired) electrons. The van der Waals surface area contributed by atoms with Crippen LogP contribution in [0.4, 0.5) is 4.79 Å². The molecule has 0 spiro atoms. The molecule has 0 aliphatic rings. The van der Waals surface area contributed by atoms with Gasteiger partial charge in [0.25, 0.3) is 0 Å². The lowest BCUT2D eigenvalue weighted by atomic mass is 10.1. The maximum absolute atomic E-state index is 12.0. The average Bonchev–Trinajstić information content (AvgIpc) is 2.74. The van der Waals surface area contributed by atoms with Crippen LogP contribution in [0.1, 0.15) is 96.4 Å². The molecule has 0 aliphatic heterocycles. The van der Waals surface area contributed by atoms with Gasteiger partial charge in [-0.3, -0.25) is 0 Å². The Morgan fingerprint density at radius 2 is 1.22 bits per heavy atom. The summed E-state index contributed by atoms with van der Waals surface area (Å²) in [5.74, 6) is 2.55. The van der Waals surface area contributed by atoms with Crippen molar-refractivity contribution in [2.75, 3.05) is 13.2 Å². The maximum Gasteiger partial charge on any atom is 0.509 e. The molecule has 0 rings (SSSR count). The largest absolute Gasteiger partial charge is 0.509 e. The van der Waals surface area contributed by atoms with E-state index >= 15 is 0 Å². The van der Waals surface area contributed by atoms with Crippen LogP contribution in [0.2, 0.25) is 33.2 Å². The molecule has 0 amide bonds. The van der Waals surface area contributed by atoms with E-state index in [9.17, 15) is 9.90 Å². The van der Waals surface area contributed by atoms with E-state index in [0.29, 0.717) is 33.2 Å². The van der Waals surface area contributed by atoms with Crippen molar-refractivity contribution in [3.05, 3.63) is 0 Å². The van der Waals surface area contributed by atoms with Crippen LogP contribution in [0.15, 0.2) is 0 Å². The molecule has 0 saturated heterocycles. The first-order valence-corrected chi connectivity index (χ1v) is 18.1. The van der Waals surface area contributed by atoms with Crippen molar-refractivity contribution >= 4 is 22.8 Å². The number of ether oxygens (including phenoxy) is 2. The molecule has 0 aromatic carbocycles. The maximum atomic E-state index is 12.0. The minimum atomic E-state index is -2.37. The molecule has 212 valence electrons. The number of hydrogen-bond acceptors (Lipinski definition) is 6. The van der Waals surface area contributed by atoms with Crippen molar-refractivity contribution in [1.29, 1.82) is 0 Å². The molecule has 1 N–H and O–H groups in total. The molecule has 36 heavy (non-hydrogen) atoms. The van der Waals surface area contributed by atoms with Gasteiger partial charge in [0.2, 0.25) is 8.32 Å². The Hall–Kier alpha value is -0.856. The number of aliphatic hydroxyl groups excluding tert-OH is 1. The van der Waals surface area contributed by atoms with Crippen molar-refractivity contribution < 1.29 is 28.2 Å². The standard InChI is InChI=1S/C28H56O6Si2/c1-15-25(33-28(30)31-16-2)17-27(34-36(22(9)10,23(11)12)24(13)14)26(29)18-32-35(19(3)4,20(5)6)21(7)8/h1,19-27,29H,16-18H2,2-14H3/t25?,26-,27+/m1/s1. The van der Waals surface area contributed by atoms with Crippen molar-refractivity contribution in [3.8, 4) is 12.3 Å². The van der Waals surface area contributed by atoms with E-state index < -0.39 is 41.1 Å². The highest BCUT2D eigenvalue weighted by atomic mass is 28.4. The van der Waals surface area contributed by atoms with Gasteiger partial charge in [0.1, 0.15) is 6.10 Å². The monoisotopic (exact) mass is 544 g/mol. The zero-order valence-electron chi connectivity index (χ0n) is 25.4. The average molecular weight is 545 g/mol. The quantitative estimate of drug-likeness (QED) is 0.122. The highest BCUT2D eigenvalue weighted by Gasteiger charge is 2.49. The van der Waals surface area contributed by atoms with Crippen LogP contribution >= 0.6 is 0 Å². The lowest BCUT2D eigenvalue weighted by Crippen LogP contribution is -2.55. The second kappa shape index (κ2) is 15.5. The second-order valence-corrected chi connectivity index (χ2v) is 22.7. The molecule has 0 fully saturated rings. The predicted molar refractivity (Wildman–Crippen MR) is 154 cm³/mol. The first-order valence-electron chi connectivity index (χ1n) is 13.8. The van der Waals surface area contributed by atoms with Crippen LogP contribution in [0.3, 0.4) is 0 Å². The number of hydrogen-bond donors (Lipinski definition) is 1. The van der Waals surface area contributed by atoms with Crippen LogP contribution in [0.5, 0.6) is 0 Å². The summed E-state index contributed by atoms with van der Waals surface area (Å²) in [6.07, 6.45) is 2.71. The first kappa shape index (κ1) is 35.1. The molecule has 8 heteroatoms. The number of aliphatic hydroxyl groups is 1. The van der Waals surface area contributed by atoms with Gasteiger partial charge in [0.05, 0.1) is 19.3 Å². The lowest BCUT2D eigenvalue weighted by molar-refractivity contribution is -0.0316. The molecule has 0 bridgehead atoms. The third-order valence-electron chi connectivity index (χ3n) is 7.84. The molecule has 0 saturated carbocycles. The fraction of sp³-hybridized carbons (Fsp3) is 0.893. The predicted octanol–water partition coefficient (Wildman–Crippen LogP) is 7.67. The van der Waals surface area contributed by atoms with E-state index in [0.717, 1.165) is 0 Å². The topological polar surface area (TPSA) is 74.2 Å². The summed E-state index contributed by atoms with van der Waals surface area (Å²) in [6.45, 7) is 28.6. The minimum absolute atomic E-state index is 0.168. The molecular weight excluding hydrogens is 488 g/mol. The van der Waals surface area contributed by atoms with Crippen molar-refractivity contribution in [1.82, 2.24) is 0 Å². The van der Waals surface area contributed by atoms with Gasteiger partial charge >= 0.3 is 6.16 Å². The van der Waals surface area contributed by atoms with Gasteiger partial charge in [-0.1, -0.05) is 89.0 Å². The van der Waals surface area contributed by atoms with Gasteiger partial charge in [0.15, 0.2) is 14.4 Å². The van der Waals surface area contributed by atoms with Gasteiger partial charge in [-0.25, -0.2) is 4.79 Å². The lowest BCUT2D eigenvalue weighted by Gasteiger charge is -2.47. The summed E-state index contributed by atoms with van der Waals surface area (Å²) >= 11 is 0. The fourth-order valence-corrected chi connectivity index (χ4v) is 17.5. The second-order valence-electron chi connectivity index (χ2n) is 11.9. The van der Waals surface area contributed by atoms with Crippen LogP contribution in [-0.4, -0.2) is 59.4 Å². The summed E-state index contributed by atoms with van der Waals surface area (Å²) in [5, 5.41) is 11.6. The summed E-state index contributed by atoms with van der Waals surface area (Å²) in [6, 6.07) is 0. The zero-order valence-corrected chi connectivity index (χ0v) is 27.4. The normalized spacial score (nSPS) is 15.6. The van der Waals surface area contributed by atoms with Gasteiger partial charge < -0.3 is 23.4 Å². The zero-order chi connectivity index (χ0) is 28.4. The van der Waals surface area contributed by atoms with E-state index in [1.54, 1.807) is 6.92 Å². The Morgan fingerprint density at radius 1 is 0.806 bits per heavy atom. The first-order chi connectivity index (χ1) is 16.5. The Balaban J connectivity index is 6.25.